The Morgan fingerprint density at radius 3 is 2.75 bits per heavy atom. The standard InChI is InChI=1S/C12H15NO3/c1-3-5-16-12-10(13)6-9(8-14)7-11(12)15-4-2/h3,6-8H,1,4-5,13H2,2H3. The fraction of sp³-hybridized carbons (Fsp3) is 0.250. The molecule has 0 aromatic heterocycles. The Labute approximate surface area is 94.7 Å². The average Bonchev–Trinajstić information content (AvgIpc) is 2.28. The fourth-order valence-electron chi connectivity index (χ4n) is 1.27. The summed E-state index contributed by atoms with van der Waals surface area (Å²) in [5.74, 6) is 0.929. The van der Waals surface area contributed by atoms with Gasteiger partial charge in [-0.25, -0.2) is 0 Å². The highest BCUT2D eigenvalue weighted by Gasteiger charge is 2.10. The molecule has 1 rings (SSSR count). The summed E-state index contributed by atoms with van der Waals surface area (Å²) < 4.78 is 10.7. The van der Waals surface area contributed by atoms with E-state index >= 15 is 0 Å². The molecule has 0 aliphatic carbocycles. The maximum absolute atomic E-state index is 10.7. The monoisotopic (exact) mass is 221 g/mol. The van der Waals surface area contributed by atoms with Crippen molar-refractivity contribution in [3.8, 4) is 11.5 Å². The van der Waals surface area contributed by atoms with Crippen LogP contribution in [0.2, 0.25) is 0 Å². The Balaban J connectivity index is 3.10. The highest BCUT2D eigenvalue weighted by molar-refractivity contribution is 5.80. The van der Waals surface area contributed by atoms with E-state index in [4.69, 9.17) is 15.2 Å². The quantitative estimate of drug-likeness (QED) is 0.453. The number of benzene rings is 1. The van der Waals surface area contributed by atoms with Crippen LogP contribution in [0.5, 0.6) is 11.5 Å². The van der Waals surface area contributed by atoms with Gasteiger partial charge in [0.05, 0.1) is 12.3 Å². The number of hydrogen-bond acceptors (Lipinski definition) is 4. The number of rotatable bonds is 6. The van der Waals surface area contributed by atoms with Crippen molar-refractivity contribution in [1.29, 1.82) is 0 Å². The molecular formula is C12H15NO3. The number of carbonyl (C=O) groups excluding carboxylic acids is 1. The SMILES string of the molecule is C=CCOc1c(N)cc(C=O)cc1OCC. The molecule has 86 valence electrons. The molecule has 0 radical (unpaired) electrons. The zero-order valence-corrected chi connectivity index (χ0v) is 9.23. The molecule has 4 heteroatoms. The highest BCUT2D eigenvalue weighted by atomic mass is 16.5. The lowest BCUT2D eigenvalue weighted by Gasteiger charge is -2.13. The lowest BCUT2D eigenvalue weighted by atomic mass is 10.2. The number of hydrogen-bond donors (Lipinski definition) is 1. The van der Waals surface area contributed by atoms with Crippen molar-refractivity contribution >= 4 is 12.0 Å². The lowest BCUT2D eigenvalue weighted by Crippen LogP contribution is -2.03. The number of nitrogens with two attached hydrogens (primary N) is 1. The second-order valence-corrected chi connectivity index (χ2v) is 3.09. The number of nitrogen functional groups attached to an aromatic ring is 1. The fourth-order valence-corrected chi connectivity index (χ4v) is 1.27. The number of aldehydes is 1. The Morgan fingerprint density at radius 2 is 2.19 bits per heavy atom. The molecule has 1 aromatic rings. The third-order valence-electron chi connectivity index (χ3n) is 1.89. The van der Waals surface area contributed by atoms with Crippen molar-refractivity contribution in [3.63, 3.8) is 0 Å². The van der Waals surface area contributed by atoms with Crippen LogP contribution in [0.4, 0.5) is 5.69 Å². The van der Waals surface area contributed by atoms with E-state index in [9.17, 15) is 4.79 Å². The van der Waals surface area contributed by atoms with Crippen LogP contribution >= 0.6 is 0 Å². The van der Waals surface area contributed by atoms with E-state index in [1.807, 2.05) is 6.92 Å². The Morgan fingerprint density at radius 1 is 1.44 bits per heavy atom. The summed E-state index contributed by atoms with van der Waals surface area (Å²) in [6.45, 7) is 6.22. The molecule has 0 saturated carbocycles. The highest BCUT2D eigenvalue weighted by Crippen LogP contribution is 2.34. The summed E-state index contributed by atoms with van der Waals surface area (Å²) in [6, 6.07) is 3.15. The van der Waals surface area contributed by atoms with Gasteiger partial charge in [0.15, 0.2) is 11.5 Å². The Bertz CT molecular complexity index is 388. The number of ether oxygens (including phenoxy) is 2. The molecule has 0 atom stereocenters. The molecule has 0 saturated heterocycles. The lowest BCUT2D eigenvalue weighted by molar-refractivity contribution is 0.112. The summed E-state index contributed by atoms with van der Waals surface area (Å²) >= 11 is 0. The van der Waals surface area contributed by atoms with Gasteiger partial charge in [0.1, 0.15) is 12.9 Å². The topological polar surface area (TPSA) is 61.5 Å². The molecule has 0 spiro atoms. The molecule has 0 unspecified atom stereocenters. The molecule has 4 nitrogen and oxygen atoms in total. The van der Waals surface area contributed by atoms with Crippen molar-refractivity contribution in [2.45, 2.75) is 6.92 Å². The second-order valence-electron chi connectivity index (χ2n) is 3.09. The molecule has 0 fully saturated rings. The van der Waals surface area contributed by atoms with Gasteiger partial charge in [0.2, 0.25) is 0 Å². The van der Waals surface area contributed by atoms with Gasteiger partial charge in [-0.1, -0.05) is 12.7 Å². The van der Waals surface area contributed by atoms with Gasteiger partial charge in [0.25, 0.3) is 0 Å². The zero-order chi connectivity index (χ0) is 12.0. The first-order valence-corrected chi connectivity index (χ1v) is 4.98. The maximum atomic E-state index is 10.7. The Hall–Kier alpha value is -1.97. The van der Waals surface area contributed by atoms with E-state index in [1.54, 1.807) is 18.2 Å². The molecule has 0 bridgehead atoms. The molecule has 0 heterocycles. The van der Waals surface area contributed by atoms with Gasteiger partial charge >= 0.3 is 0 Å². The third-order valence-corrected chi connectivity index (χ3v) is 1.89. The maximum Gasteiger partial charge on any atom is 0.184 e. The van der Waals surface area contributed by atoms with E-state index in [0.29, 0.717) is 36.0 Å². The molecule has 0 aliphatic heterocycles. The van der Waals surface area contributed by atoms with Crippen molar-refractivity contribution in [1.82, 2.24) is 0 Å². The summed E-state index contributed by atoms with van der Waals surface area (Å²) in [5, 5.41) is 0. The summed E-state index contributed by atoms with van der Waals surface area (Å²) in [7, 11) is 0. The second kappa shape index (κ2) is 5.80. The first-order chi connectivity index (χ1) is 7.72. The molecule has 1 aromatic carbocycles. The normalized spacial score (nSPS) is 9.56. The zero-order valence-electron chi connectivity index (χ0n) is 9.23. The van der Waals surface area contributed by atoms with Crippen LogP contribution in [0.15, 0.2) is 24.8 Å². The minimum atomic E-state index is 0.338. The van der Waals surface area contributed by atoms with E-state index < -0.39 is 0 Å². The van der Waals surface area contributed by atoms with E-state index in [2.05, 4.69) is 6.58 Å². The van der Waals surface area contributed by atoms with Gasteiger partial charge in [-0.2, -0.15) is 0 Å². The average molecular weight is 221 g/mol. The van der Waals surface area contributed by atoms with E-state index in [-0.39, 0.29) is 0 Å². The first-order valence-electron chi connectivity index (χ1n) is 4.98. The van der Waals surface area contributed by atoms with Crippen molar-refractivity contribution in [3.05, 3.63) is 30.4 Å². The van der Waals surface area contributed by atoms with E-state index in [1.165, 1.54) is 0 Å². The third kappa shape index (κ3) is 2.76. The van der Waals surface area contributed by atoms with Crippen LogP contribution in [-0.2, 0) is 0 Å². The van der Waals surface area contributed by atoms with Gasteiger partial charge in [-0.3, -0.25) is 4.79 Å². The predicted molar refractivity (Wildman–Crippen MR) is 63.1 cm³/mol. The molecule has 2 N–H and O–H groups in total. The van der Waals surface area contributed by atoms with Crippen molar-refractivity contribution in [2.24, 2.45) is 0 Å². The van der Waals surface area contributed by atoms with Crippen LogP contribution < -0.4 is 15.2 Å². The summed E-state index contributed by atoms with van der Waals surface area (Å²) in [4.78, 5) is 10.7. The van der Waals surface area contributed by atoms with Gasteiger partial charge in [-0.15, -0.1) is 0 Å². The van der Waals surface area contributed by atoms with Crippen LogP contribution in [0.25, 0.3) is 0 Å². The number of carbonyl (C=O) groups is 1. The first kappa shape index (κ1) is 12.1. The summed E-state index contributed by atoms with van der Waals surface area (Å²) in [5.41, 5.74) is 6.62. The molecule has 16 heavy (non-hydrogen) atoms. The summed E-state index contributed by atoms with van der Waals surface area (Å²) in [6.07, 6.45) is 2.33. The van der Waals surface area contributed by atoms with Crippen LogP contribution in [0.1, 0.15) is 17.3 Å². The molecular weight excluding hydrogens is 206 g/mol. The van der Waals surface area contributed by atoms with Crippen LogP contribution in [0, 0.1) is 0 Å². The van der Waals surface area contributed by atoms with Gasteiger partial charge in [0, 0.05) is 5.56 Å². The minimum absolute atomic E-state index is 0.338. The Kier molecular flexibility index (Phi) is 4.39. The molecule has 0 amide bonds. The largest absolute Gasteiger partial charge is 0.490 e. The van der Waals surface area contributed by atoms with Crippen LogP contribution in [-0.4, -0.2) is 19.5 Å². The van der Waals surface area contributed by atoms with Crippen molar-refractivity contribution in [2.75, 3.05) is 18.9 Å². The smallest absolute Gasteiger partial charge is 0.184 e. The van der Waals surface area contributed by atoms with Crippen molar-refractivity contribution < 1.29 is 14.3 Å². The predicted octanol–water partition coefficient (Wildman–Crippen LogP) is 2.04. The molecule has 0 aliphatic rings. The van der Waals surface area contributed by atoms with Gasteiger partial charge < -0.3 is 15.2 Å². The van der Waals surface area contributed by atoms with Gasteiger partial charge in [-0.05, 0) is 19.1 Å². The van der Waals surface area contributed by atoms with Crippen LogP contribution in [0.3, 0.4) is 0 Å². The minimum Gasteiger partial charge on any atom is -0.490 e. The number of anilines is 1. The van der Waals surface area contributed by atoms with E-state index in [0.717, 1.165) is 6.29 Å².